The molecular formula is C21H33F2IN4O. The number of aliphatic imine (C=N–C) groups is 1. The summed E-state index contributed by atoms with van der Waals surface area (Å²) in [6.07, 6.45) is 3.72. The maximum absolute atomic E-state index is 13.7. The molecule has 1 atom stereocenters. The monoisotopic (exact) mass is 522 g/mol. The molecule has 2 saturated heterocycles. The fourth-order valence-electron chi connectivity index (χ4n) is 3.89. The number of likely N-dealkylation sites (tertiary alicyclic amines) is 1. The van der Waals surface area contributed by atoms with E-state index in [1.54, 1.807) is 0 Å². The molecule has 0 aliphatic carbocycles. The molecule has 2 fully saturated rings. The number of ether oxygens (including phenoxy) is 1. The molecule has 1 unspecified atom stereocenters. The number of hydrogen-bond acceptors (Lipinski definition) is 3. The van der Waals surface area contributed by atoms with E-state index in [4.69, 9.17) is 4.74 Å². The van der Waals surface area contributed by atoms with Crippen LogP contribution in [0.25, 0.3) is 0 Å². The number of benzene rings is 1. The van der Waals surface area contributed by atoms with Crippen molar-refractivity contribution >= 4 is 29.9 Å². The third-order valence-electron chi connectivity index (χ3n) is 5.47. The number of piperidine rings is 1. The summed E-state index contributed by atoms with van der Waals surface area (Å²) in [4.78, 5) is 7.09. The van der Waals surface area contributed by atoms with Crippen LogP contribution < -0.4 is 10.6 Å². The molecule has 0 aromatic heterocycles. The summed E-state index contributed by atoms with van der Waals surface area (Å²) in [6, 6.07) is 3.94. The molecule has 8 heteroatoms. The molecule has 2 aliphatic heterocycles. The third-order valence-corrected chi connectivity index (χ3v) is 5.47. The first-order chi connectivity index (χ1) is 13.6. The second-order valence-corrected chi connectivity index (χ2v) is 7.70. The lowest BCUT2D eigenvalue weighted by Crippen LogP contribution is -2.49. The predicted molar refractivity (Wildman–Crippen MR) is 123 cm³/mol. The highest BCUT2D eigenvalue weighted by Crippen LogP contribution is 2.17. The standard InChI is InChI=1S/C21H32F2N4O.HI/c1-2-24-21(25-9-5-17-13-18(22)3-4-20(17)23)26-19-6-10-27(11-7-19)14-16-8-12-28-15-16;/h3-4,13,16,19H,2,5-12,14-15H2,1H3,(H2,24,25,26);1H. The van der Waals surface area contributed by atoms with Crippen molar-refractivity contribution in [3.8, 4) is 0 Å². The molecule has 2 aliphatic rings. The van der Waals surface area contributed by atoms with Crippen LogP contribution >= 0.6 is 24.0 Å². The van der Waals surface area contributed by atoms with Gasteiger partial charge < -0.3 is 20.3 Å². The smallest absolute Gasteiger partial charge is 0.191 e. The lowest BCUT2D eigenvalue weighted by atomic mass is 10.0. The van der Waals surface area contributed by atoms with Gasteiger partial charge in [-0.15, -0.1) is 24.0 Å². The van der Waals surface area contributed by atoms with Gasteiger partial charge in [-0.2, -0.15) is 0 Å². The van der Waals surface area contributed by atoms with Crippen LogP contribution in [0.4, 0.5) is 8.78 Å². The molecule has 1 aromatic rings. The Morgan fingerprint density at radius 3 is 2.72 bits per heavy atom. The van der Waals surface area contributed by atoms with E-state index >= 15 is 0 Å². The van der Waals surface area contributed by atoms with E-state index in [-0.39, 0.29) is 29.8 Å². The van der Waals surface area contributed by atoms with E-state index in [9.17, 15) is 8.78 Å². The summed E-state index contributed by atoms with van der Waals surface area (Å²) in [6.45, 7) is 8.32. The predicted octanol–water partition coefficient (Wildman–Crippen LogP) is 3.18. The van der Waals surface area contributed by atoms with Gasteiger partial charge in [0.25, 0.3) is 0 Å². The summed E-state index contributed by atoms with van der Waals surface area (Å²) >= 11 is 0. The molecule has 0 radical (unpaired) electrons. The van der Waals surface area contributed by atoms with E-state index in [2.05, 4.69) is 20.5 Å². The molecular weight excluding hydrogens is 489 g/mol. The average Bonchev–Trinajstić information content (AvgIpc) is 3.19. The average molecular weight is 522 g/mol. The zero-order chi connectivity index (χ0) is 19.8. The maximum Gasteiger partial charge on any atom is 0.191 e. The Kier molecular flexibility index (Phi) is 10.6. The Labute approximate surface area is 189 Å². The van der Waals surface area contributed by atoms with Crippen molar-refractivity contribution in [1.82, 2.24) is 15.5 Å². The van der Waals surface area contributed by atoms with Crippen LogP contribution in [0.1, 0.15) is 31.7 Å². The quantitative estimate of drug-likeness (QED) is 0.328. The Balaban J connectivity index is 0.00000300. The highest BCUT2D eigenvalue weighted by Gasteiger charge is 2.24. The fraction of sp³-hybridized carbons (Fsp3) is 0.667. The largest absolute Gasteiger partial charge is 0.381 e. The molecule has 0 saturated carbocycles. The molecule has 3 rings (SSSR count). The number of hydrogen-bond donors (Lipinski definition) is 2. The van der Waals surface area contributed by atoms with Gasteiger partial charge in [-0.1, -0.05) is 0 Å². The minimum absolute atomic E-state index is 0. The van der Waals surface area contributed by atoms with Gasteiger partial charge >= 0.3 is 0 Å². The molecule has 0 spiro atoms. The SMILES string of the molecule is CCNC(=NCCc1cc(F)ccc1F)NC1CCN(CC2CCOC2)CC1.I. The summed E-state index contributed by atoms with van der Waals surface area (Å²) in [5.41, 5.74) is 0.365. The Bertz CT molecular complexity index is 648. The van der Waals surface area contributed by atoms with Crippen LogP contribution in [0.5, 0.6) is 0 Å². The van der Waals surface area contributed by atoms with Crippen molar-refractivity contribution in [2.45, 2.75) is 38.6 Å². The van der Waals surface area contributed by atoms with Crippen molar-refractivity contribution in [1.29, 1.82) is 0 Å². The van der Waals surface area contributed by atoms with Gasteiger partial charge in [-0.25, -0.2) is 8.78 Å². The van der Waals surface area contributed by atoms with Crippen LogP contribution in [0.15, 0.2) is 23.2 Å². The Morgan fingerprint density at radius 2 is 2.03 bits per heavy atom. The summed E-state index contributed by atoms with van der Waals surface area (Å²) in [5, 5.41) is 6.76. The van der Waals surface area contributed by atoms with Gasteiger partial charge in [0.2, 0.25) is 0 Å². The number of nitrogens with one attached hydrogen (secondary N) is 2. The van der Waals surface area contributed by atoms with E-state index in [1.807, 2.05) is 6.92 Å². The number of guanidine groups is 1. The molecule has 0 amide bonds. The van der Waals surface area contributed by atoms with Crippen LogP contribution in [-0.4, -0.2) is 62.8 Å². The van der Waals surface area contributed by atoms with Crippen molar-refractivity contribution in [2.75, 3.05) is 45.9 Å². The summed E-state index contributed by atoms with van der Waals surface area (Å²) in [7, 11) is 0. The normalized spacial score (nSPS) is 21.1. The van der Waals surface area contributed by atoms with Crippen molar-refractivity contribution < 1.29 is 13.5 Å². The molecule has 2 heterocycles. The fourth-order valence-corrected chi connectivity index (χ4v) is 3.89. The summed E-state index contributed by atoms with van der Waals surface area (Å²) in [5.74, 6) is 0.643. The van der Waals surface area contributed by atoms with E-state index in [0.29, 0.717) is 30.5 Å². The lowest BCUT2D eigenvalue weighted by molar-refractivity contribution is 0.150. The topological polar surface area (TPSA) is 48.9 Å². The molecule has 5 nitrogen and oxygen atoms in total. The number of nitrogens with zero attached hydrogens (tertiary/aromatic N) is 2. The van der Waals surface area contributed by atoms with Crippen LogP contribution in [-0.2, 0) is 11.2 Å². The van der Waals surface area contributed by atoms with Gasteiger partial charge in [-0.3, -0.25) is 4.99 Å². The molecule has 2 N–H and O–H groups in total. The molecule has 29 heavy (non-hydrogen) atoms. The second-order valence-electron chi connectivity index (χ2n) is 7.70. The van der Waals surface area contributed by atoms with Crippen LogP contribution in [0, 0.1) is 17.6 Å². The van der Waals surface area contributed by atoms with Gasteiger partial charge in [0.1, 0.15) is 11.6 Å². The first-order valence-electron chi connectivity index (χ1n) is 10.4. The van der Waals surface area contributed by atoms with Gasteiger partial charge in [0, 0.05) is 45.4 Å². The van der Waals surface area contributed by atoms with Crippen LogP contribution in [0.3, 0.4) is 0 Å². The molecule has 0 bridgehead atoms. The minimum atomic E-state index is -0.415. The summed E-state index contributed by atoms with van der Waals surface area (Å²) < 4.78 is 32.5. The van der Waals surface area contributed by atoms with E-state index in [0.717, 1.165) is 64.3 Å². The van der Waals surface area contributed by atoms with E-state index in [1.165, 1.54) is 18.6 Å². The number of halogens is 3. The lowest BCUT2D eigenvalue weighted by Gasteiger charge is -2.34. The Morgan fingerprint density at radius 1 is 1.24 bits per heavy atom. The third kappa shape index (κ3) is 7.97. The van der Waals surface area contributed by atoms with Crippen molar-refractivity contribution in [2.24, 2.45) is 10.9 Å². The van der Waals surface area contributed by atoms with Gasteiger partial charge in [0.05, 0.1) is 6.61 Å². The molecule has 164 valence electrons. The second kappa shape index (κ2) is 12.6. The maximum atomic E-state index is 13.7. The zero-order valence-electron chi connectivity index (χ0n) is 17.1. The first kappa shape index (κ1) is 24.3. The van der Waals surface area contributed by atoms with Crippen LogP contribution in [0.2, 0.25) is 0 Å². The highest BCUT2D eigenvalue weighted by molar-refractivity contribution is 14.0. The zero-order valence-corrected chi connectivity index (χ0v) is 19.5. The minimum Gasteiger partial charge on any atom is -0.381 e. The molecule has 1 aromatic carbocycles. The highest BCUT2D eigenvalue weighted by atomic mass is 127. The van der Waals surface area contributed by atoms with Crippen molar-refractivity contribution in [3.05, 3.63) is 35.4 Å². The van der Waals surface area contributed by atoms with E-state index < -0.39 is 5.82 Å². The first-order valence-corrected chi connectivity index (χ1v) is 10.4. The van der Waals surface area contributed by atoms with Gasteiger partial charge in [-0.05, 0) is 62.3 Å². The van der Waals surface area contributed by atoms with Crippen molar-refractivity contribution in [3.63, 3.8) is 0 Å². The number of rotatable bonds is 7. The Hall–Kier alpha value is -1.00. The van der Waals surface area contributed by atoms with Gasteiger partial charge in [0.15, 0.2) is 5.96 Å².